The number of hydrogen-bond donors (Lipinski definition) is 1. The SMILES string of the molecule is O=C(O)c1cccn1C1CCN(Cc2ccco2)CC1. The first-order chi connectivity index (χ1) is 9.74. The molecule has 2 aromatic heterocycles. The van der Waals surface area contributed by atoms with Gasteiger partial charge in [0.05, 0.1) is 12.8 Å². The van der Waals surface area contributed by atoms with Gasteiger partial charge in [-0.2, -0.15) is 0 Å². The predicted octanol–water partition coefficient (Wildman–Crippen LogP) is 2.62. The van der Waals surface area contributed by atoms with E-state index in [0.29, 0.717) is 5.69 Å². The van der Waals surface area contributed by atoms with E-state index < -0.39 is 5.97 Å². The van der Waals surface area contributed by atoms with Crippen LogP contribution in [0.1, 0.15) is 35.1 Å². The molecule has 0 atom stereocenters. The quantitative estimate of drug-likeness (QED) is 0.931. The number of nitrogens with zero attached hydrogens (tertiary/aromatic N) is 2. The van der Waals surface area contributed by atoms with E-state index in [-0.39, 0.29) is 6.04 Å². The molecule has 106 valence electrons. The first-order valence-corrected chi connectivity index (χ1v) is 6.89. The molecule has 0 bridgehead atoms. The summed E-state index contributed by atoms with van der Waals surface area (Å²) in [5.41, 5.74) is 0.384. The van der Waals surface area contributed by atoms with Crippen molar-refractivity contribution in [2.24, 2.45) is 0 Å². The Morgan fingerprint density at radius 1 is 1.30 bits per heavy atom. The summed E-state index contributed by atoms with van der Waals surface area (Å²) >= 11 is 0. The van der Waals surface area contributed by atoms with Crippen molar-refractivity contribution in [3.8, 4) is 0 Å². The van der Waals surface area contributed by atoms with Crippen molar-refractivity contribution < 1.29 is 14.3 Å². The van der Waals surface area contributed by atoms with E-state index in [1.54, 1.807) is 18.4 Å². The maximum absolute atomic E-state index is 11.2. The second-order valence-corrected chi connectivity index (χ2v) is 5.19. The van der Waals surface area contributed by atoms with Crippen molar-refractivity contribution >= 4 is 5.97 Å². The van der Waals surface area contributed by atoms with Crippen LogP contribution in [-0.2, 0) is 6.54 Å². The number of rotatable bonds is 4. The van der Waals surface area contributed by atoms with Crippen molar-refractivity contribution in [2.75, 3.05) is 13.1 Å². The molecule has 0 saturated carbocycles. The minimum Gasteiger partial charge on any atom is -0.477 e. The van der Waals surface area contributed by atoms with E-state index in [9.17, 15) is 4.79 Å². The van der Waals surface area contributed by atoms with Crippen LogP contribution in [0.4, 0.5) is 0 Å². The highest BCUT2D eigenvalue weighted by Crippen LogP contribution is 2.25. The number of hydrogen-bond acceptors (Lipinski definition) is 3. The molecule has 1 aliphatic rings. The zero-order chi connectivity index (χ0) is 13.9. The van der Waals surface area contributed by atoms with E-state index in [1.807, 2.05) is 22.9 Å². The summed E-state index contributed by atoms with van der Waals surface area (Å²) in [7, 11) is 0. The van der Waals surface area contributed by atoms with Crippen molar-refractivity contribution in [1.82, 2.24) is 9.47 Å². The molecule has 0 spiro atoms. The Hall–Kier alpha value is -2.01. The first-order valence-electron chi connectivity index (χ1n) is 6.89. The van der Waals surface area contributed by atoms with Crippen LogP contribution in [0.15, 0.2) is 41.1 Å². The lowest BCUT2D eigenvalue weighted by Crippen LogP contribution is -2.34. The molecule has 0 aromatic carbocycles. The summed E-state index contributed by atoms with van der Waals surface area (Å²) < 4.78 is 7.26. The van der Waals surface area contributed by atoms with Gasteiger partial charge in [0.1, 0.15) is 11.5 Å². The van der Waals surface area contributed by atoms with E-state index in [1.165, 1.54) is 0 Å². The van der Waals surface area contributed by atoms with Gasteiger partial charge in [0.25, 0.3) is 0 Å². The Labute approximate surface area is 117 Å². The van der Waals surface area contributed by atoms with Crippen LogP contribution in [0, 0.1) is 0 Å². The summed E-state index contributed by atoms with van der Waals surface area (Å²) in [6.45, 7) is 2.75. The van der Waals surface area contributed by atoms with E-state index in [2.05, 4.69) is 4.90 Å². The molecule has 0 radical (unpaired) electrons. The Bertz CT molecular complexity index is 566. The van der Waals surface area contributed by atoms with Gasteiger partial charge in [-0.1, -0.05) is 0 Å². The van der Waals surface area contributed by atoms with Crippen molar-refractivity contribution in [1.29, 1.82) is 0 Å². The maximum atomic E-state index is 11.2. The predicted molar refractivity (Wildman–Crippen MR) is 73.6 cm³/mol. The maximum Gasteiger partial charge on any atom is 0.352 e. The average molecular weight is 274 g/mol. The highest BCUT2D eigenvalue weighted by molar-refractivity contribution is 5.85. The molecule has 20 heavy (non-hydrogen) atoms. The van der Waals surface area contributed by atoms with Gasteiger partial charge >= 0.3 is 5.97 Å². The number of carbonyl (C=O) groups is 1. The van der Waals surface area contributed by atoms with Crippen molar-refractivity contribution in [2.45, 2.75) is 25.4 Å². The highest BCUT2D eigenvalue weighted by Gasteiger charge is 2.23. The number of aromatic carboxylic acids is 1. The van der Waals surface area contributed by atoms with Gasteiger partial charge in [-0.3, -0.25) is 4.90 Å². The van der Waals surface area contributed by atoms with Crippen LogP contribution in [0.3, 0.4) is 0 Å². The van der Waals surface area contributed by atoms with E-state index in [0.717, 1.165) is 38.2 Å². The third-order valence-electron chi connectivity index (χ3n) is 3.91. The van der Waals surface area contributed by atoms with Gasteiger partial charge in [-0.15, -0.1) is 0 Å². The summed E-state index contributed by atoms with van der Waals surface area (Å²) in [5, 5.41) is 9.16. The smallest absolute Gasteiger partial charge is 0.352 e. The Morgan fingerprint density at radius 3 is 2.75 bits per heavy atom. The number of carboxylic acids is 1. The monoisotopic (exact) mass is 274 g/mol. The molecule has 0 unspecified atom stereocenters. The van der Waals surface area contributed by atoms with Crippen LogP contribution in [0.2, 0.25) is 0 Å². The normalized spacial score (nSPS) is 17.4. The number of likely N-dealkylation sites (tertiary alicyclic amines) is 1. The Balaban J connectivity index is 1.61. The van der Waals surface area contributed by atoms with Gasteiger partial charge in [0.15, 0.2) is 0 Å². The van der Waals surface area contributed by atoms with Gasteiger partial charge in [-0.05, 0) is 37.1 Å². The molecular formula is C15H18N2O3. The molecule has 3 heterocycles. The number of carboxylic acid groups (broad SMARTS) is 1. The molecule has 2 aromatic rings. The largest absolute Gasteiger partial charge is 0.477 e. The zero-order valence-corrected chi connectivity index (χ0v) is 11.2. The van der Waals surface area contributed by atoms with Gasteiger partial charge in [0, 0.05) is 25.3 Å². The molecular weight excluding hydrogens is 256 g/mol. The van der Waals surface area contributed by atoms with Gasteiger partial charge in [-0.25, -0.2) is 4.79 Å². The fraction of sp³-hybridized carbons (Fsp3) is 0.400. The summed E-state index contributed by atoms with van der Waals surface area (Å²) in [4.78, 5) is 13.5. The van der Waals surface area contributed by atoms with Crippen LogP contribution in [0.5, 0.6) is 0 Å². The molecule has 5 nitrogen and oxygen atoms in total. The Kier molecular flexibility index (Phi) is 3.60. The topological polar surface area (TPSA) is 58.6 Å². The zero-order valence-electron chi connectivity index (χ0n) is 11.2. The Morgan fingerprint density at radius 2 is 2.10 bits per heavy atom. The van der Waals surface area contributed by atoms with E-state index in [4.69, 9.17) is 9.52 Å². The van der Waals surface area contributed by atoms with Crippen molar-refractivity contribution in [3.63, 3.8) is 0 Å². The van der Waals surface area contributed by atoms with Crippen LogP contribution < -0.4 is 0 Å². The second kappa shape index (κ2) is 5.54. The molecule has 3 rings (SSSR count). The molecule has 1 aliphatic heterocycles. The summed E-state index contributed by atoms with van der Waals surface area (Å²) in [6, 6.07) is 7.64. The average Bonchev–Trinajstić information content (AvgIpc) is 3.10. The molecule has 0 amide bonds. The lowest BCUT2D eigenvalue weighted by atomic mass is 10.0. The minimum atomic E-state index is -0.854. The fourth-order valence-electron chi connectivity index (χ4n) is 2.87. The standard InChI is InChI=1S/C15H18N2O3/c18-15(19)14-4-1-7-17(14)12-5-8-16(9-6-12)11-13-3-2-10-20-13/h1-4,7,10,12H,5-6,8-9,11H2,(H,18,19). The summed E-state index contributed by atoms with van der Waals surface area (Å²) in [6.07, 6.45) is 5.50. The minimum absolute atomic E-state index is 0.281. The molecule has 5 heteroatoms. The lowest BCUT2D eigenvalue weighted by Gasteiger charge is -2.32. The number of piperidine rings is 1. The molecule has 1 saturated heterocycles. The van der Waals surface area contributed by atoms with Gasteiger partial charge in [0.2, 0.25) is 0 Å². The lowest BCUT2D eigenvalue weighted by molar-refractivity contribution is 0.0677. The fourth-order valence-corrected chi connectivity index (χ4v) is 2.87. The van der Waals surface area contributed by atoms with Crippen LogP contribution in [0.25, 0.3) is 0 Å². The highest BCUT2D eigenvalue weighted by atomic mass is 16.4. The van der Waals surface area contributed by atoms with E-state index >= 15 is 0 Å². The summed E-state index contributed by atoms with van der Waals surface area (Å²) in [5.74, 6) is 0.128. The van der Waals surface area contributed by atoms with Crippen LogP contribution in [-0.4, -0.2) is 33.6 Å². The first kappa shape index (κ1) is 13.0. The molecule has 0 aliphatic carbocycles. The molecule has 1 fully saturated rings. The second-order valence-electron chi connectivity index (χ2n) is 5.19. The third kappa shape index (κ3) is 2.63. The van der Waals surface area contributed by atoms with Crippen LogP contribution >= 0.6 is 0 Å². The molecule has 1 N–H and O–H groups in total. The van der Waals surface area contributed by atoms with Crippen molar-refractivity contribution in [3.05, 3.63) is 48.2 Å². The van der Waals surface area contributed by atoms with Gasteiger partial charge < -0.3 is 14.1 Å². The number of aromatic nitrogens is 1. The number of furan rings is 1. The third-order valence-corrected chi connectivity index (χ3v) is 3.91.